The lowest BCUT2D eigenvalue weighted by Crippen LogP contribution is -2.00. The third-order valence-electron chi connectivity index (χ3n) is 10.7. The van der Waals surface area contributed by atoms with Gasteiger partial charge in [0.05, 0.1) is 60.8 Å². The van der Waals surface area contributed by atoms with E-state index in [0.717, 1.165) is 49.9 Å². The van der Waals surface area contributed by atoms with Gasteiger partial charge in [-0.3, -0.25) is 0 Å². The van der Waals surface area contributed by atoms with Crippen LogP contribution in [0.3, 0.4) is 0 Å². The molecule has 0 saturated heterocycles. The molecule has 3 N–H and O–H groups in total. The van der Waals surface area contributed by atoms with Crippen LogP contribution in [-0.4, -0.2) is 64.3 Å². The van der Waals surface area contributed by atoms with Crippen molar-refractivity contribution in [3.8, 4) is 50.3 Å². The predicted molar refractivity (Wildman–Crippen MR) is 236 cm³/mol. The Morgan fingerprint density at radius 1 is 0.426 bits per heavy atom. The fourth-order valence-electron chi connectivity index (χ4n) is 7.76. The smallest absolute Gasteiger partial charge is 0.337 e. The van der Waals surface area contributed by atoms with Crippen LogP contribution in [0.5, 0.6) is 5.75 Å². The molecule has 2 aliphatic rings. The van der Waals surface area contributed by atoms with Crippen LogP contribution in [0, 0.1) is 0 Å². The van der Waals surface area contributed by atoms with Gasteiger partial charge in [0.25, 0.3) is 0 Å². The van der Waals surface area contributed by atoms with Crippen molar-refractivity contribution in [1.82, 2.24) is 19.9 Å². The summed E-state index contributed by atoms with van der Waals surface area (Å²) < 4.78 is 14.9. The molecule has 0 radical (unpaired) electrons. The Morgan fingerprint density at radius 3 is 1.07 bits per heavy atom. The van der Waals surface area contributed by atoms with Crippen LogP contribution in [0.2, 0.25) is 0 Å². The molecule has 0 saturated carbocycles. The zero-order valence-electron chi connectivity index (χ0n) is 33.1. The van der Waals surface area contributed by atoms with Crippen molar-refractivity contribution in [3.63, 3.8) is 0 Å². The number of phenols is 1. The van der Waals surface area contributed by atoms with Crippen molar-refractivity contribution in [3.05, 3.63) is 161 Å². The molecule has 298 valence electrons. The van der Waals surface area contributed by atoms with Gasteiger partial charge in [0.2, 0.25) is 0 Å². The van der Waals surface area contributed by atoms with Crippen LogP contribution in [-0.2, 0) is 14.2 Å². The molecule has 0 amide bonds. The lowest BCUT2D eigenvalue weighted by atomic mass is 10.0. The number of aromatic hydroxyl groups is 1. The summed E-state index contributed by atoms with van der Waals surface area (Å²) in [5, 5.41) is 11.3. The fourth-order valence-corrected chi connectivity index (χ4v) is 7.76. The van der Waals surface area contributed by atoms with Gasteiger partial charge in [-0.1, -0.05) is 54.6 Å². The number of nitrogens with zero attached hydrogens (tertiary/aromatic N) is 2. The zero-order chi connectivity index (χ0) is 42.2. The number of carbonyl (C=O) groups is 3. The van der Waals surface area contributed by atoms with Crippen LogP contribution >= 0.6 is 0 Å². The number of rotatable bonds is 7. The van der Waals surface area contributed by atoms with Crippen molar-refractivity contribution in [1.29, 1.82) is 0 Å². The molecule has 0 aliphatic carbocycles. The van der Waals surface area contributed by atoms with E-state index in [0.29, 0.717) is 56.1 Å². The van der Waals surface area contributed by atoms with Gasteiger partial charge in [-0.2, -0.15) is 0 Å². The number of methoxy groups -OCH3 is 3. The second-order valence-corrected chi connectivity index (χ2v) is 14.2. The Balaban J connectivity index is 1.42. The maximum atomic E-state index is 12.5. The number of aromatic nitrogens is 4. The summed E-state index contributed by atoms with van der Waals surface area (Å²) in [5.41, 5.74) is 12.5. The molecule has 5 heterocycles. The number of para-hydroxylation sites is 1. The third kappa shape index (κ3) is 7.04. The molecule has 2 aliphatic heterocycles. The maximum Gasteiger partial charge on any atom is 0.337 e. The number of hydrogen-bond acceptors (Lipinski definition) is 9. The number of hydrogen-bond donors (Lipinski definition) is 3. The monoisotopic (exact) mass is 804 g/mol. The van der Waals surface area contributed by atoms with Crippen LogP contribution in [0.25, 0.3) is 90.9 Å². The predicted octanol–water partition coefficient (Wildman–Crippen LogP) is 10.4. The van der Waals surface area contributed by atoms with E-state index in [-0.39, 0.29) is 5.75 Å². The summed E-state index contributed by atoms with van der Waals surface area (Å²) >= 11 is 0. The van der Waals surface area contributed by atoms with Crippen molar-refractivity contribution in [2.24, 2.45) is 0 Å². The van der Waals surface area contributed by atoms with E-state index in [1.807, 2.05) is 97.1 Å². The minimum atomic E-state index is -0.449. The minimum Gasteiger partial charge on any atom is -0.507 e. The van der Waals surface area contributed by atoms with Gasteiger partial charge < -0.3 is 29.3 Å². The lowest BCUT2D eigenvalue weighted by Gasteiger charge is -2.08. The molecule has 7 aromatic rings. The van der Waals surface area contributed by atoms with Crippen LogP contribution in [0.15, 0.2) is 121 Å². The van der Waals surface area contributed by atoms with Crippen molar-refractivity contribution >= 4 is 64.3 Å². The van der Waals surface area contributed by atoms with Crippen molar-refractivity contribution in [2.75, 3.05) is 21.3 Å². The average molecular weight is 805 g/mol. The Hall–Kier alpha value is -8.31. The number of aromatic amines is 2. The Labute approximate surface area is 349 Å². The summed E-state index contributed by atoms with van der Waals surface area (Å²) in [7, 11) is 4.04. The van der Waals surface area contributed by atoms with Gasteiger partial charge in [-0.05, 0) is 108 Å². The van der Waals surface area contributed by atoms with E-state index in [1.54, 1.807) is 48.5 Å². The standard InChI is InChI=1S/C50H36N4O7/c1-59-48(56)31-14-8-28(9-15-31)44-35-20-22-37(51-35)45(29-10-16-32(17-11-29)49(57)60-2)39-24-26-41(53-39)47(34-6-4-5-7-43(34)55)42-27-25-40(54-42)46(38-23-21-36(44)52-38)30-12-18-33(19-13-30)50(58)61-3/h4-27,51,54-55H,1-3H3. The van der Waals surface area contributed by atoms with E-state index in [2.05, 4.69) is 9.97 Å². The van der Waals surface area contributed by atoms with E-state index >= 15 is 0 Å². The summed E-state index contributed by atoms with van der Waals surface area (Å²) in [5.74, 6) is -1.27. The number of nitrogens with one attached hydrogen (secondary N) is 2. The number of phenolic OH excluding ortho intramolecular Hbond substituents is 1. The molecule has 11 nitrogen and oxygen atoms in total. The molecule has 8 bridgehead atoms. The van der Waals surface area contributed by atoms with Gasteiger partial charge in [-0.15, -0.1) is 0 Å². The van der Waals surface area contributed by atoms with Crippen LogP contribution in [0.4, 0.5) is 0 Å². The molecule has 0 spiro atoms. The third-order valence-corrected chi connectivity index (χ3v) is 10.7. The second kappa shape index (κ2) is 15.8. The lowest BCUT2D eigenvalue weighted by molar-refractivity contribution is 0.0592. The number of fused-ring (bicyclic) bond motifs is 8. The van der Waals surface area contributed by atoms with E-state index in [9.17, 15) is 19.5 Å². The molecule has 11 heteroatoms. The second-order valence-electron chi connectivity index (χ2n) is 14.2. The van der Waals surface area contributed by atoms with Crippen LogP contribution in [0.1, 0.15) is 53.8 Å². The summed E-state index contributed by atoms with van der Waals surface area (Å²) in [6.45, 7) is 0. The fraction of sp³-hybridized carbons (Fsp3) is 0.0600. The van der Waals surface area contributed by atoms with E-state index < -0.39 is 17.9 Å². The Kier molecular flexibility index (Phi) is 9.90. The number of carbonyl (C=O) groups excluding carboxylic acids is 3. The SMILES string of the molecule is COC(=O)c1ccc(-c2c3nc(c(-c4ccc(C(=O)OC)cc4)c4ccc([nH]4)c(-c4ccccc4O)c4nc(c(-c5ccc(C(=O)OC)cc5)c5ccc2[nH]5)C=C4)C=C3)cc1. The first-order valence-electron chi connectivity index (χ1n) is 19.3. The normalized spacial score (nSPS) is 11.7. The van der Waals surface area contributed by atoms with Crippen molar-refractivity contribution in [2.45, 2.75) is 0 Å². The highest BCUT2D eigenvalue weighted by Gasteiger charge is 2.21. The number of benzene rings is 4. The quantitative estimate of drug-likeness (QED) is 0.105. The molecular weight excluding hydrogens is 769 g/mol. The number of H-pyrrole nitrogens is 2. The van der Waals surface area contributed by atoms with Crippen LogP contribution < -0.4 is 0 Å². The zero-order valence-corrected chi connectivity index (χ0v) is 33.1. The first kappa shape index (κ1) is 38.2. The van der Waals surface area contributed by atoms with E-state index in [4.69, 9.17) is 24.2 Å². The first-order valence-corrected chi connectivity index (χ1v) is 19.3. The van der Waals surface area contributed by atoms with Gasteiger partial charge in [0.1, 0.15) is 5.75 Å². The van der Waals surface area contributed by atoms with Gasteiger partial charge in [0, 0.05) is 49.9 Å². The Morgan fingerprint density at radius 2 is 0.738 bits per heavy atom. The molecule has 4 aromatic carbocycles. The number of esters is 3. The molecule has 0 atom stereocenters. The summed E-state index contributed by atoms with van der Waals surface area (Å²) in [6.07, 6.45) is 7.75. The topological polar surface area (TPSA) is 156 Å². The summed E-state index contributed by atoms with van der Waals surface area (Å²) in [4.78, 5) is 55.2. The summed E-state index contributed by atoms with van der Waals surface area (Å²) in [6, 6.07) is 36.4. The molecule has 3 aromatic heterocycles. The highest BCUT2D eigenvalue weighted by atomic mass is 16.5. The molecule has 0 unspecified atom stereocenters. The molecule has 0 fully saturated rings. The molecular formula is C50H36N4O7. The van der Waals surface area contributed by atoms with Gasteiger partial charge in [-0.25, -0.2) is 24.4 Å². The highest BCUT2D eigenvalue weighted by Crippen LogP contribution is 2.40. The van der Waals surface area contributed by atoms with Crippen molar-refractivity contribution < 1.29 is 33.7 Å². The minimum absolute atomic E-state index is 0.0804. The highest BCUT2D eigenvalue weighted by molar-refractivity contribution is 6.01. The van der Waals surface area contributed by atoms with Gasteiger partial charge >= 0.3 is 17.9 Å². The average Bonchev–Trinajstić information content (AvgIpc) is 4.15. The largest absolute Gasteiger partial charge is 0.507 e. The van der Waals surface area contributed by atoms with E-state index in [1.165, 1.54) is 21.3 Å². The number of ether oxygens (including phenoxy) is 3. The maximum absolute atomic E-state index is 12.5. The first-order chi connectivity index (χ1) is 29.7. The van der Waals surface area contributed by atoms with Gasteiger partial charge in [0.15, 0.2) is 0 Å². The molecule has 61 heavy (non-hydrogen) atoms. The molecule has 9 rings (SSSR count). The Bertz CT molecular complexity index is 3080.